The quantitative estimate of drug-likeness (QED) is 0.162. The van der Waals surface area contributed by atoms with Gasteiger partial charge in [0.1, 0.15) is 0 Å². The molecule has 0 bridgehead atoms. The zero-order valence-electron chi connectivity index (χ0n) is 15.4. The van der Waals surface area contributed by atoms with Crippen LogP contribution in [0.1, 0.15) is 38.5 Å². The summed E-state index contributed by atoms with van der Waals surface area (Å²) in [7, 11) is 0. The van der Waals surface area contributed by atoms with Gasteiger partial charge in [0.2, 0.25) is 11.8 Å². The molecule has 0 aliphatic rings. The van der Waals surface area contributed by atoms with Gasteiger partial charge < -0.3 is 26.4 Å². The maximum atomic E-state index is 11.6. The Morgan fingerprint density at radius 2 is 1.33 bits per heavy atom. The largest absolute Gasteiger partial charge is 0.394 e. The monoisotopic (exact) mass is 385 g/mol. The van der Waals surface area contributed by atoms with E-state index in [0.29, 0.717) is 12.8 Å². The van der Waals surface area contributed by atoms with Crippen molar-refractivity contribution in [2.24, 2.45) is 5.73 Å². The molecule has 0 spiro atoms. The molecule has 1 rings (SSSR count). The molecule has 0 unspecified atom stereocenters. The Hall–Kier alpha value is -2.04. The molecule has 1 aromatic rings. The molecule has 2 amide bonds. The predicted octanol–water partition coefficient (Wildman–Crippen LogP) is 0.132. The Balaban J connectivity index is 0.000000713. The van der Waals surface area contributed by atoms with Gasteiger partial charge in [0.05, 0.1) is 25.4 Å². The number of anilines is 1. The van der Waals surface area contributed by atoms with Gasteiger partial charge in [0.25, 0.3) is 0 Å². The minimum absolute atomic E-state index is 0.0132. The molecule has 9 heteroatoms. The van der Waals surface area contributed by atoms with Crippen LogP contribution in [0.2, 0.25) is 0 Å². The number of rotatable bonds is 11. The molecule has 0 fully saturated rings. The zero-order chi connectivity index (χ0) is 20.5. The fourth-order valence-corrected chi connectivity index (χ4v) is 1.88. The second-order valence-electron chi connectivity index (χ2n) is 6.20. The van der Waals surface area contributed by atoms with E-state index in [1.807, 2.05) is 30.3 Å². The van der Waals surface area contributed by atoms with Crippen molar-refractivity contribution in [3.05, 3.63) is 30.3 Å². The van der Waals surface area contributed by atoms with Crippen LogP contribution in [-0.2, 0) is 9.59 Å². The number of aliphatic hydroxyl groups excluding tert-OH is 3. The van der Waals surface area contributed by atoms with E-state index in [1.165, 1.54) is 0 Å². The third-order valence-electron chi connectivity index (χ3n) is 3.68. The molecule has 1 aromatic carbocycles. The lowest BCUT2D eigenvalue weighted by Gasteiger charge is -2.20. The van der Waals surface area contributed by atoms with Crippen LogP contribution in [0.5, 0.6) is 0 Å². The zero-order valence-corrected chi connectivity index (χ0v) is 15.4. The Morgan fingerprint density at radius 3 is 1.74 bits per heavy atom. The molecule has 0 aromatic heterocycles. The number of unbranched alkanes of at least 4 members (excludes halogenated alkanes) is 3. The lowest BCUT2D eigenvalue weighted by Crippen LogP contribution is -2.50. The van der Waals surface area contributed by atoms with Crippen molar-refractivity contribution in [1.29, 1.82) is 0 Å². The molecule has 0 aliphatic carbocycles. The summed E-state index contributed by atoms with van der Waals surface area (Å²) in [5, 5.41) is 36.1. The molecular weight excluding hydrogens is 354 g/mol. The number of carbonyl (C=O) groups is 2. The number of nitrogens with two attached hydrogens (primary N) is 1. The van der Waals surface area contributed by atoms with Gasteiger partial charge in [-0.2, -0.15) is 0 Å². The van der Waals surface area contributed by atoms with Crippen LogP contribution in [0.25, 0.3) is 0 Å². The van der Waals surface area contributed by atoms with Gasteiger partial charge in [-0.25, -0.2) is 5.48 Å². The lowest BCUT2D eigenvalue weighted by atomic mass is 10.1. The number of aliphatic hydroxyl groups is 3. The van der Waals surface area contributed by atoms with E-state index in [4.69, 9.17) is 26.3 Å². The average molecular weight is 385 g/mol. The van der Waals surface area contributed by atoms with Gasteiger partial charge in [0.15, 0.2) is 0 Å². The minimum Gasteiger partial charge on any atom is -0.394 e. The van der Waals surface area contributed by atoms with E-state index in [1.54, 1.807) is 5.48 Å². The summed E-state index contributed by atoms with van der Waals surface area (Å²) in [6.07, 6.45) is 4.13. The minimum atomic E-state index is -1.21. The standard InChI is InChI=1S/C14H20N2O3.C4H11NO3/c17-13(15-12-8-4-3-5-9-12)10-6-1-2-7-11-14(18)16-19;5-4(1-6,2-7)3-8/h3-5,8-9,19H,1-2,6-7,10-11H2,(H,15,17)(H,16,18);6-8H,1-3,5H2. The van der Waals surface area contributed by atoms with Gasteiger partial charge in [-0.05, 0) is 25.0 Å². The van der Waals surface area contributed by atoms with Crippen molar-refractivity contribution in [3.63, 3.8) is 0 Å². The SMILES string of the molecule is NC(CO)(CO)CO.O=C(CCCCCCC(=O)Nc1ccccc1)NO. The molecule has 0 aliphatic heterocycles. The van der Waals surface area contributed by atoms with Crippen LogP contribution in [-0.4, -0.2) is 57.7 Å². The van der Waals surface area contributed by atoms with Crippen molar-refractivity contribution in [3.8, 4) is 0 Å². The summed E-state index contributed by atoms with van der Waals surface area (Å²) in [4.78, 5) is 22.3. The molecule has 0 saturated heterocycles. The number of carbonyl (C=O) groups excluding carboxylic acids is 2. The van der Waals surface area contributed by atoms with Crippen molar-refractivity contribution in [2.75, 3.05) is 25.1 Å². The van der Waals surface area contributed by atoms with Crippen LogP contribution in [0.4, 0.5) is 5.69 Å². The first-order valence-corrected chi connectivity index (χ1v) is 8.80. The number of amides is 2. The van der Waals surface area contributed by atoms with Crippen LogP contribution >= 0.6 is 0 Å². The highest BCUT2D eigenvalue weighted by Gasteiger charge is 2.20. The molecule has 0 atom stereocenters. The Bertz CT molecular complexity index is 515. The topological polar surface area (TPSA) is 165 Å². The van der Waals surface area contributed by atoms with Crippen LogP contribution in [0.15, 0.2) is 30.3 Å². The van der Waals surface area contributed by atoms with Gasteiger partial charge >= 0.3 is 0 Å². The highest BCUT2D eigenvalue weighted by atomic mass is 16.5. The van der Waals surface area contributed by atoms with E-state index in [9.17, 15) is 9.59 Å². The third kappa shape index (κ3) is 12.9. The number of hydroxylamine groups is 1. The van der Waals surface area contributed by atoms with E-state index in [2.05, 4.69) is 5.32 Å². The maximum Gasteiger partial charge on any atom is 0.243 e. The predicted molar refractivity (Wildman–Crippen MR) is 101 cm³/mol. The average Bonchev–Trinajstić information content (AvgIpc) is 2.71. The summed E-state index contributed by atoms with van der Waals surface area (Å²) in [6.45, 7) is -1.21. The fraction of sp³-hybridized carbons (Fsp3) is 0.556. The first-order valence-electron chi connectivity index (χ1n) is 8.80. The highest BCUT2D eigenvalue weighted by molar-refractivity contribution is 5.90. The summed E-state index contributed by atoms with van der Waals surface area (Å²) >= 11 is 0. The van der Waals surface area contributed by atoms with Gasteiger partial charge in [0, 0.05) is 18.5 Å². The number of benzene rings is 1. The molecule has 0 radical (unpaired) electrons. The summed E-state index contributed by atoms with van der Waals surface area (Å²) in [5.41, 5.74) is 6.35. The summed E-state index contributed by atoms with van der Waals surface area (Å²) < 4.78 is 0. The number of hydrogen-bond donors (Lipinski definition) is 7. The number of para-hydroxylation sites is 1. The number of nitrogens with one attached hydrogen (secondary N) is 2. The molecule has 154 valence electrons. The van der Waals surface area contributed by atoms with Crippen molar-refractivity contribution >= 4 is 17.5 Å². The first-order chi connectivity index (χ1) is 12.9. The molecule has 0 saturated carbocycles. The van der Waals surface area contributed by atoms with Crippen molar-refractivity contribution in [2.45, 2.75) is 44.1 Å². The number of hydrogen-bond acceptors (Lipinski definition) is 7. The van der Waals surface area contributed by atoms with Crippen LogP contribution in [0, 0.1) is 0 Å². The third-order valence-corrected chi connectivity index (χ3v) is 3.68. The smallest absolute Gasteiger partial charge is 0.243 e. The molecular formula is C18H31N3O6. The second-order valence-corrected chi connectivity index (χ2v) is 6.20. The van der Waals surface area contributed by atoms with Crippen molar-refractivity contribution in [1.82, 2.24) is 5.48 Å². The fourth-order valence-electron chi connectivity index (χ4n) is 1.88. The normalized spacial score (nSPS) is 10.6. The highest BCUT2D eigenvalue weighted by Crippen LogP contribution is 2.09. The molecule has 0 heterocycles. The van der Waals surface area contributed by atoms with Gasteiger partial charge in [-0.3, -0.25) is 14.8 Å². The summed E-state index contributed by atoms with van der Waals surface area (Å²) in [6, 6.07) is 9.36. The molecule has 9 nitrogen and oxygen atoms in total. The second kappa shape index (κ2) is 15.1. The van der Waals surface area contributed by atoms with Crippen molar-refractivity contribution < 1.29 is 30.1 Å². The first kappa shape index (κ1) is 25.0. The molecule has 27 heavy (non-hydrogen) atoms. The molecule has 8 N–H and O–H groups in total. The maximum absolute atomic E-state index is 11.6. The van der Waals surface area contributed by atoms with E-state index in [-0.39, 0.29) is 11.8 Å². The van der Waals surface area contributed by atoms with Gasteiger partial charge in [-0.15, -0.1) is 0 Å². The van der Waals surface area contributed by atoms with Crippen LogP contribution < -0.4 is 16.5 Å². The Kier molecular flexibility index (Phi) is 13.9. The Labute approximate surface area is 159 Å². The van der Waals surface area contributed by atoms with Gasteiger partial charge in [-0.1, -0.05) is 31.0 Å². The van der Waals surface area contributed by atoms with E-state index >= 15 is 0 Å². The van der Waals surface area contributed by atoms with E-state index < -0.39 is 25.4 Å². The Morgan fingerprint density at radius 1 is 0.852 bits per heavy atom. The summed E-state index contributed by atoms with van der Waals surface area (Å²) in [5.74, 6) is -0.346. The lowest BCUT2D eigenvalue weighted by molar-refractivity contribution is -0.129. The van der Waals surface area contributed by atoms with Crippen LogP contribution in [0.3, 0.4) is 0 Å². The van der Waals surface area contributed by atoms with E-state index in [0.717, 1.165) is 31.4 Å².